The van der Waals surface area contributed by atoms with Gasteiger partial charge in [0.25, 0.3) is 0 Å². The van der Waals surface area contributed by atoms with Gasteiger partial charge in [0.15, 0.2) is 5.60 Å². The second-order valence-electron chi connectivity index (χ2n) is 3.89. The number of carboxylic acids is 1. The third kappa shape index (κ3) is 3.12. The van der Waals surface area contributed by atoms with E-state index in [9.17, 15) is 9.90 Å². The molecule has 0 saturated carbocycles. The Morgan fingerprint density at radius 3 is 2.75 bits per heavy atom. The monoisotopic (exact) mass is 243 g/mol. The Balaban J connectivity index is 2.75. The van der Waals surface area contributed by atoms with Crippen molar-refractivity contribution in [3.8, 4) is 0 Å². The van der Waals surface area contributed by atoms with Gasteiger partial charge in [0.1, 0.15) is 0 Å². The van der Waals surface area contributed by atoms with E-state index in [0.717, 1.165) is 5.56 Å². The number of hydrogen-bond donors (Lipinski definition) is 3. The van der Waals surface area contributed by atoms with Gasteiger partial charge in [-0.3, -0.25) is 0 Å². The molecule has 5 heteroatoms. The van der Waals surface area contributed by atoms with E-state index in [0.29, 0.717) is 10.7 Å². The largest absolute Gasteiger partial charge is 0.479 e. The fraction of sp³-hybridized carbons (Fsp3) is 0.364. The highest BCUT2D eigenvalue weighted by atomic mass is 35.5. The van der Waals surface area contributed by atoms with Crippen molar-refractivity contribution in [2.45, 2.75) is 19.4 Å². The average molecular weight is 244 g/mol. The fourth-order valence-electron chi connectivity index (χ4n) is 1.13. The summed E-state index contributed by atoms with van der Waals surface area (Å²) >= 11 is 5.81. The molecule has 0 aliphatic carbocycles. The molecular weight excluding hydrogens is 230 g/mol. The summed E-state index contributed by atoms with van der Waals surface area (Å²) in [5, 5.41) is 21.7. The maximum absolute atomic E-state index is 10.7. The van der Waals surface area contributed by atoms with Crippen LogP contribution in [0.1, 0.15) is 12.5 Å². The molecule has 0 bridgehead atoms. The van der Waals surface area contributed by atoms with Crippen LogP contribution >= 0.6 is 11.6 Å². The lowest BCUT2D eigenvalue weighted by Gasteiger charge is -2.20. The quantitative estimate of drug-likeness (QED) is 0.756. The van der Waals surface area contributed by atoms with Crippen molar-refractivity contribution in [1.29, 1.82) is 0 Å². The van der Waals surface area contributed by atoms with Gasteiger partial charge in [-0.1, -0.05) is 17.7 Å². The maximum atomic E-state index is 10.7. The van der Waals surface area contributed by atoms with Crippen LogP contribution in [-0.4, -0.2) is 28.3 Å². The van der Waals surface area contributed by atoms with E-state index < -0.39 is 11.6 Å². The van der Waals surface area contributed by atoms with Crippen molar-refractivity contribution < 1.29 is 15.0 Å². The fourth-order valence-corrected chi connectivity index (χ4v) is 1.30. The second kappa shape index (κ2) is 4.72. The molecule has 0 aliphatic heterocycles. The topological polar surface area (TPSA) is 69.6 Å². The molecule has 1 atom stereocenters. The van der Waals surface area contributed by atoms with Gasteiger partial charge in [-0.15, -0.1) is 0 Å². The average Bonchev–Trinajstić information content (AvgIpc) is 2.19. The first-order chi connectivity index (χ1) is 7.33. The smallest absolute Gasteiger partial charge is 0.337 e. The zero-order valence-corrected chi connectivity index (χ0v) is 9.88. The molecule has 0 amide bonds. The molecule has 3 N–H and O–H groups in total. The SMILES string of the molecule is Cc1ccc(Cl)cc1NCC(C)(O)C(=O)O. The van der Waals surface area contributed by atoms with Crippen molar-refractivity contribution in [3.05, 3.63) is 28.8 Å². The van der Waals surface area contributed by atoms with Gasteiger partial charge in [0, 0.05) is 10.7 Å². The van der Waals surface area contributed by atoms with Gasteiger partial charge in [-0.25, -0.2) is 4.79 Å². The standard InChI is InChI=1S/C11H14ClNO3/c1-7-3-4-8(12)5-9(7)13-6-11(2,16)10(14)15/h3-5,13,16H,6H2,1-2H3,(H,14,15). The molecule has 1 unspecified atom stereocenters. The highest BCUT2D eigenvalue weighted by Gasteiger charge is 2.29. The molecule has 0 fully saturated rings. The summed E-state index contributed by atoms with van der Waals surface area (Å²) in [6.07, 6.45) is 0. The van der Waals surface area contributed by atoms with Crippen molar-refractivity contribution >= 4 is 23.3 Å². The Morgan fingerprint density at radius 1 is 1.56 bits per heavy atom. The minimum absolute atomic E-state index is 0.0798. The van der Waals surface area contributed by atoms with Crippen LogP contribution in [0.4, 0.5) is 5.69 Å². The number of aliphatic hydroxyl groups is 1. The number of benzene rings is 1. The molecule has 0 heterocycles. The Morgan fingerprint density at radius 2 is 2.19 bits per heavy atom. The minimum atomic E-state index is -1.80. The summed E-state index contributed by atoms with van der Waals surface area (Å²) in [6, 6.07) is 5.26. The van der Waals surface area contributed by atoms with Gasteiger partial charge in [0.05, 0.1) is 6.54 Å². The molecule has 0 saturated heterocycles. The van der Waals surface area contributed by atoms with E-state index >= 15 is 0 Å². The lowest BCUT2D eigenvalue weighted by Crippen LogP contribution is -2.41. The van der Waals surface area contributed by atoms with E-state index in [1.165, 1.54) is 6.92 Å². The van der Waals surface area contributed by atoms with Gasteiger partial charge >= 0.3 is 5.97 Å². The molecule has 1 rings (SSSR count). The van der Waals surface area contributed by atoms with E-state index in [1.54, 1.807) is 12.1 Å². The van der Waals surface area contributed by atoms with Gasteiger partial charge in [-0.05, 0) is 31.5 Å². The molecular formula is C11H14ClNO3. The number of halogens is 1. The minimum Gasteiger partial charge on any atom is -0.479 e. The zero-order valence-electron chi connectivity index (χ0n) is 9.12. The number of nitrogens with one attached hydrogen (secondary N) is 1. The van der Waals surface area contributed by atoms with Gasteiger partial charge in [0.2, 0.25) is 0 Å². The second-order valence-corrected chi connectivity index (χ2v) is 4.33. The number of rotatable bonds is 4. The highest BCUT2D eigenvalue weighted by molar-refractivity contribution is 6.30. The molecule has 0 radical (unpaired) electrons. The molecule has 0 aliphatic rings. The summed E-state index contributed by atoms with van der Waals surface area (Å²) in [6.45, 7) is 3.03. The van der Waals surface area contributed by atoms with Crippen LogP contribution in [0.25, 0.3) is 0 Å². The van der Waals surface area contributed by atoms with Crippen molar-refractivity contribution in [2.75, 3.05) is 11.9 Å². The van der Waals surface area contributed by atoms with Crippen LogP contribution in [0, 0.1) is 6.92 Å². The maximum Gasteiger partial charge on any atom is 0.337 e. The summed E-state index contributed by atoms with van der Waals surface area (Å²) < 4.78 is 0. The summed E-state index contributed by atoms with van der Waals surface area (Å²) in [4.78, 5) is 10.7. The third-order valence-corrected chi connectivity index (χ3v) is 2.52. The first-order valence-corrected chi connectivity index (χ1v) is 5.16. The molecule has 4 nitrogen and oxygen atoms in total. The third-order valence-electron chi connectivity index (χ3n) is 2.28. The van der Waals surface area contributed by atoms with Crippen molar-refractivity contribution in [3.63, 3.8) is 0 Å². The first-order valence-electron chi connectivity index (χ1n) is 4.79. The Kier molecular flexibility index (Phi) is 3.78. The number of carbonyl (C=O) groups is 1. The van der Waals surface area contributed by atoms with Gasteiger partial charge < -0.3 is 15.5 Å². The molecule has 0 spiro atoms. The normalized spacial score (nSPS) is 14.2. The van der Waals surface area contributed by atoms with Crippen LogP contribution in [0.2, 0.25) is 5.02 Å². The molecule has 16 heavy (non-hydrogen) atoms. The van der Waals surface area contributed by atoms with Crippen molar-refractivity contribution in [1.82, 2.24) is 0 Å². The highest BCUT2D eigenvalue weighted by Crippen LogP contribution is 2.20. The lowest BCUT2D eigenvalue weighted by molar-refractivity contribution is -0.155. The number of carboxylic acid groups (broad SMARTS) is 1. The Hall–Kier alpha value is -1.26. The molecule has 0 aromatic heterocycles. The van der Waals surface area contributed by atoms with Crippen LogP contribution < -0.4 is 5.32 Å². The number of anilines is 1. The van der Waals surface area contributed by atoms with E-state index in [-0.39, 0.29) is 6.54 Å². The zero-order chi connectivity index (χ0) is 12.3. The number of hydrogen-bond acceptors (Lipinski definition) is 3. The summed E-state index contributed by atoms with van der Waals surface area (Å²) in [5.41, 5.74) is -0.144. The van der Waals surface area contributed by atoms with Crippen molar-refractivity contribution in [2.24, 2.45) is 0 Å². The molecule has 1 aromatic rings. The predicted molar refractivity (Wildman–Crippen MR) is 62.9 cm³/mol. The number of aliphatic carboxylic acids is 1. The van der Waals surface area contributed by atoms with Crippen LogP contribution in [0.15, 0.2) is 18.2 Å². The Bertz CT molecular complexity index is 404. The van der Waals surface area contributed by atoms with Crippen LogP contribution in [0.3, 0.4) is 0 Å². The lowest BCUT2D eigenvalue weighted by atomic mass is 10.1. The molecule has 1 aromatic carbocycles. The van der Waals surface area contributed by atoms with Crippen LogP contribution in [-0.2, 0) is 4.79 Å². The van der Waals surface area contributed by atoms with E-state index in [4.69, 9.17) is 16.7 Å². The summed E-state index contributed by atoms with van der Waals surface area (Å²) in [7, 11) is 0. The summed E-state index contributed by atoms with van der Waals surface area (Å²) in [5.74, 6) is -1.26. The first kappa shape index (κ1) is 12.8. The molecule has 88 valence electrons. The van der Waals surface area contributed by atoms with Crippen LogP contribution in [0.5, 0.6) is 0 Å². The predicted octanol–water partition coefficient (Wildman–Crippen LogP) is 1.90. The Labute approximate surface area is 98.9 Å². The van der Waals surface area contributed by atoms with E-state index in [1.807, 2.05) is 13.0 Å². The van der Waals surface area contributed by atoms with E-state index in [2.05, 4.69) is 5.32 Å². The number of aryl methyl sites for hydroxylation is 1. The van der Waals surface area contributed by atoms with Gasteiger partial charge in [-0.2, -0.15) is 0 Å².